The number of rotatable bonds is 5. The van der Waals surface area contributed by atoms with Crippen LogP contribution in [-0.4, -0.2) is 58.9 Å². The Balaban J connectivity index is 1.88. The molecule has 0 unspecified atom stereocenters. The Hall–Kier alpha value is -1.69. The average molecular weight is 264 g/mol. The fourth-order valence-electron chi connectivity index (χ4n) is 2.24. The molecule has 0 radical (unpaired) electrons. The molecule has 1 saturated heterocycles. The molecule has 19 heavy (non-hydrogen) atoms. The molecule has 104 valence electrons. The third kappa shape index (κ3) is 3.89. The second kappa shape index (κ2) is 6.47. The van der Waals surface area contributed by atoms with Crippen LogP contribution in [0.25, 0.3) is 0 Å². The Morgan fingerprint density at radius 2 is 2.00 bits per heavy atom. The average Bonchev–Trinajstić information content (AvgIpc) is 2.40. The van der Waals surface area contributed by atoms with Gasteiger partial charge >= 0.3 is 5.97 Å². The van der Waals surface area contributed by atoms with Crippen molar-refractivity contribution in [1.29, 1.82) is 0 Å². The molecule has 0 aromatic carbocycles. The molecule has 0 bridgehead atoms. The van der Waals surface area contributed by atoms with E-state index >= 15 is 0 Å². The molecule has 1 aromatic heterocycles. The van der Waals surface area contributed by atoms with Gasteiger partial charge in [-0.3, -0.25) is 9.69 Å². The van der Waals surface area contributed by atoms with Gasteiger partial charge in [-0.2, -0.15) is 5.10 Å². The smallest absolute Gasteiger partial charge is 0.317 e. The lowest BCUT2D eigenvalue weighted by molar-refractivity contribution is -0.138. The van der Waals surface area contributed by atoms with Crippen molar-refractivity contribution in [1.82, 2.24) is 15.1 Å². The van der Waals surface area contributed by atoms with Crippen molar-refractivity contribution in [2.45, 2.75) is 19.8 Å². The van der Waals surface area contributed by atoms with E-state index in [-0.39, 0.29) is 6.54 Å². The molecular weight excluding hydrogens is 244 g/mol. The van der Waals surface area contributed by atoms with Crippen molar-refractivity contribution >= 4 is 11.8 Å². The van der Waals surface area contributed by atoms with Gasteiger partial charge in [0.05, 0.1) is 12.2 Å². The highest BCUT2D eigenvalue weighted by molar-refractivity contribution is 5.69. The first kappa shape index (κ1) is 13.7. The number of nitrogens with zero attached hydrogens (tertiary/aromatic N) is 4. The fourth-order valence-corrected chi connectivity index (χ4v) is 2.24. The highest BCUT2D eigenvalue weighted by Crippen LogP contribution is 2.13. The number of carbonyl (C=O) groups is 1. The number of hydrogen-bond acceptors (Lipinski definition) is 5. The van der Waals surface area contributed by atoms with Crippen LogP contribution in [0.15, 0.2) is 12.1 Å². The van der Waals surface area contributed by atoms with E-state index in [1.165, 1.54) is 0 Å². The lowest BCUT2D eigenvalue weighted by Gasteiger charge is -2.34. The lowest BCUT2D eigenvalue weighted by atomic mass is 10.2. The summed E-state index contributed by atoms with van der Waals surface area (Å²) in [6.07, 6.45) is 2.03. The molecule has 1 N–H and O–H groups in total. The summed E-state index contributed by atoms with van der Waals surface area (Å²) in [5.41, 5.74) is 1.02. The molecule has 0 aliphatic carbocycles. The molecule has 2 heterocycles. The number of hydrogen-bond donors (Lipinski definition) is 1. The van der Waals surface area contributed by atoms with E-state index in [2.05, 4.69) is 22.0 Å². The Morgan fingerprint density at radius 1 is 1.26 bits per heavy atom. The predicted molar refractivity (Wildman–Crippen MR) is 72.3 cm³/mol. The Kier molecular flexibility index (Phi) is 4.68. The fraction of sp³-hybridized carbons (Fsp3) is 0.615. The summed E-state index contributed by atoms with van der Waals surface area (Å²) < 4.78 is 0. The Labute approximate surface area is 113 Å². The van der Waals surface area contributed by atoms with Crippen molar-refractivity contribution < 1.29 is 9.90 Å². The van der Waals surface area contributed by atoms with Crippen LogP contribution in [-0.2, 0) is 11.2 Å². The van der Waals surface area contributed by atoms with Crippen LogP contribution in [0.3, 0.4) is 0 Å². The molecule has 1 fully saturated rings. The first-order chi connectivity index (χ1) is 9.19. The second-order valence-electron chi connectivity index (χ2n) is 4.79. The standard InChI is InChI=1S/C13H20N4O2/c1-2-3-11-4-5-12(15-14-11)17-8-6-16(7-9-17)10-13(18)19/h4-5H,2-3,6-10H2,1H3,(H,18,19). The van der Waals surface area contributed by atoms with Gasteiger partial charge in [-0.05, 0) is 18.6 Å². The number of aliphatic carboxylic acids is 1. The molecule has 1 aliphatic rings. The van der Waals surface area contributed by atoms with Crippen molar-refractivity contribution in [3.63, 3.8) is 0 Å². The van der Waals surface area contributed by atoms with Crippen LogP contribution in [0.2, 0.25) is 0 Å². The summed E-state index contributed by atoms with van der Waals surface area (Å²) in [4.78, 5) is 14.7. The summed E-state index contributed by atoms with van der Waals surface area (Å²) in [6, 6.07) is 4.03. The number of carboxylic acid groups (broad SMARTS) is 1. The summed E-state index contributed by atoms with van der Waals surface area (Å²) in [5, 5.41) is 17.2. The molecule has 2 rings (SSSR count). The van der Waals surface area contributed by atoms with Crippen LogP contribution in [0.5, 0.6) is 0 Å². The van der Waals surface area contributed by atoms with Crippen molar-refractivity contribution in [2.24, 2.45) is 0 Å². The van der Waals surface area contributed by atoms with Gasteiger partial charge < -0.3 is 10.0 Å². The molecule has 1 aromatic rings. The van der Waals surface area contributed by atoms with Gasteiger partial charge in [0.15, 0.2) is 5.82 Å². The van der Waals surface area contributed by atoms with E-state index in [9.17, 15) is 4.79 Å². The molecule has 0 amide bonds. The van der Waals surface area contributed by atoms with Gasteiger partial charge in [-0.15, -0.1) is 5.10 Å². The van der Waals surface area contributed by atoms with Gasteiger partial charge in [0.25, 0.3) is 0 Å². The van der Waals surface area contributed by atoms with E-state index in [4.69, 9.17) is 5.11 Å². The van der Waals surface area contributed by atoms with Gasteiger partial charge in [0, 0.05) is 26.2 Å². The zero-order valence-electron chi connectivity index (χ0n) is 11.2. The third-order valence-corrected chi connectivity index (χ3v) is 3.27. The van der Waals surface area contributed by atoms with Crippen LogP contribution >= 0.6 is 0 Å². The van der Waals surface area contributed by atoms with Gasteiger partial charge in [-0.1, -0.05) is 13.3 Å². The molecule has 6 nitrogen and oxygen atoms in total. The van der Waals surface area contributed by atoms with Crippen molar-refractivity contribution in [2.75, 3.05) is 37.6 Å². The number of carboxylic acids is 1. The van der Waals surface area contributed by atoms with Crippen LogP contribution < -0.4 is 4.90 Å². The van der Waals surface area contributed by atoms with Crippen LogP contribution in [0.4, 0.5) is 5.82 Å². The van der Waals surface area contributed by atoms with Gasteiger partial charge in [0.1, 0.15) is 0 Å². The molecule has 0 spiro atoms. The van der Waals surface area contributed by atoms with Gasteiger partial charge in [0.2, 0.25) is 0 Å². The molecule has 6 heteroatoms. The number of aryl methyl sites for hydroxylation is 1. The molecule has 1 aliphatic heterocycles. The zero-order chi connectivity index (χ0) is 13.7. The minimum atomic E-state index is -0.767. The maximum absolute atomic E-state index is 10.6. The number of anilines is 1. The third-order valence-electron chi connectivity index (χ3n) is 3.27. The van der Waals surface area contributed by atoms with E-state index in [0.717, 1.165) is 50.5 Å². The Morgan fingerprint density at radius 3 is 2.53 bits per heavy atom. The number of piperazine rings is 1. The quantitative estimate of drug-likeness (QED) is 0.841. The van der Waals surface area contributed by atoms with Crippen LogP contribution in [0.1, 0.15) is 19.0 Å². The summed E-state index contributed by atoms with van der Waals surface area (Å²) in [5.74, 6) is 0.118. The predicted octanol–water partition coefficient (Wildman–Crippen LogP) is 0.636. The van der Waals surface area contributed by atoms with E-state index in [1.54, 1.807) is 0 Å². The summed E-state index contributed by atoms with van der Waals surface area (Å²) >= 11 is 0. The zero-order valence-corrected chi connectivity index (χ0v) is 11.2. The van der Waals surface area contributed by atoms with E-state index in [0.29, 0.717) is 0 Å². The van der Waals surface area contributed by atoms with Gasteiger partial charge in [-0.25, -0.2) is 0 Å². The van der Waals surface area contributed by atoms with Crippen LogP contribution in [0, 0.1) is 0 Å². The molecule has 0 atom stereocenters. The summed E-state index contributed by atoms with van der Waals surface area (Å²) in [7, 11) is 0. The largest absolute Gasteiger partial charge is 0.480 e. The maximum Gasteiger partial charge on any atom is 0.317 e. The van der Waals surface area contributed by atoms with E-state index < -0.39 is 5.97 Å². The SMILES string of the molecule is CCCc1ccc(N2CCN(CC(=O)O)CC2)nn1. The highest BCUT2D eigenvalue weighted by Gasteiger charge is 2.19. The normalized spacial score (nSPS) is 16.6. The van der Waals surface area contributed by atoms with Crippen molar-refractivity contribution in [3.05, 3.63) is 17.8 Å². The Bertz CT molecular complexity index is 413. The minimum Gasteiger partial charge on any atom is -0.480 e. The molecular formula is C13H20N4O2. The summed E-state index contributed by atoms with van der Waals surface area (Å²) in [6.45, 7) is 5.35. The highest BCUT2D eigenvalue weighted by atomic mass is 16.4. The maximum atomic E-state index is 10.6. The first-order valence-corrected chi connectivity index (χ1v) is 6.70. The topological polar surface area (TPSA) is 69.6 Å². The molecule has 0 saturated carbocycles. The second-order valence-corrected chi connectivity index (χ2v) is 4.79. The van der Waals surface area contributed by atoms with E-state index in [1.807, 2.05) is 17.0 Å². The minimum absolute atomic E-state index is 0.120. The monoisotopic (exact) mass is 264 g/mol. The number of aromatic nitrogens is 2. The van der Waals surface area contributed by atoms with Crippen molar-refractivity contribution in [3.8, 4) is 0 Å². The lowest BCUT2D eigenvalue weighted by Crippen LogP contribution is -2.48. The first-order valence-electron chi connectivity index (χ1n) is 6.70.